The minimum Gasteiger partial charge on any atom is -0.433 e. The average Bonchev–Trinajstić information content (AvgIpc) is 2.89. The van der Waals surface area contributed by atoms with Gasteiger partial charge < -0.3 is 10.1 Å². The van der Waals surface area contributed by atoms with E-state index in [0.29, 0.717) is 0 Å². The molecule has 0 saturated heterocycles. The van der Waals surface area contributed by atoms with Gasteiger partial charge in [-0.3, -0.25) is 4.79 Å². The zero-order chi connectivity index (χ0) is 18.7. The number of carbonyl (C=O) groups is 1. The Bertz CT molecular complexity index is 947. The molecule has 2 aromatic heterocycles. The van der Waals surface area contributed by atoms with E-state index in [1.807, 2.05) is 13.8 Å². The summed E-state index contributed by atoms with van der Waals surface area (Å²) < 4.78 is 29.3. The smallest absolute Gasteiger partial charge is 0.387 e. The number of hydrogen-bond acceptors (Lipinski definition) is 6. The normalized spacial score (nSPS) is 11.1. The lowest BCUT2D eigenvalue weighted by atomic mass is 10.2. The van der Waals surface area contributed by atoms with Crippen LogP contribution in [0.5, 0.6) is 5.75 Å². The summed E-state index contributed by atoms with van der Waals surface area (Å²) >= 11 is 2.86. The Morgan fingerprint density at radius 1 is 1.31 bits per heavy atom. The number of carbonyl (C=O) groups excluding carboxylic acids is 1. The van der Waals surface area contributed by atoms with E-state index in [-0.39, 0.29) is 23.1 Å². The molecule has 2 heterocycles. The first-order chi connectivity index (χ1) is 12.5. The maximum Gasteiger partial charge on any atom is 0.387 e. The van der Waals surface area contributed by atoms with Gasteiger partial charge in [0.15, 0.2) is 0 Å². The molecule has 0 fully saturated rings. The summed E-state index contributed by atoms with van der Waals surface area (Å²) in [6, 6.07) is 6.07. The molecule has 26 heavy (non-hydrogen) atoms. The average molecular weight is 395 g/mol. The Kier molecular flexibility index (Phi) is 5.67. The lowest BCUT2D eigenvalue weighted by molar-refractivity contribution is -0.113. The number of fused-ring (bicyclic) bond motifs is 1. The second-order valence-corrected chi connectivity index (χ2v) is 7.52. The van der Waals surface area contributed by atoms with E-state index in [1.165, 1.54) is 30.2 Å². The van der Waals surface area contributed by atoms with Crippen molar-refractivity contribution in [1.82, 2.24) is 9.97 Å². The summed E-state index contributed by atoms with van der Waals surface area (Å²) in [6.45, 7) is 1.06. The van der Waals surface area contributed by atoms with Crippen LogP contribution < -0.4 is 10.1 Å². The molecule has 1 aromatic carbocycles. The number of para-hydroxylation sites is 2. The molecule has 5 nitrogen and oxygen atoms in total. The molecule has 0 aliphatic heterocycles. The molecule has 136 valence electrons. The van der Waals surface area contributed by atoms with E-state index < -0.39 is 6.61 Å². The molecule has 0 spiro atoms. The highest BCUT2D eigenvalue weighted by Gasteiger charge is 2.15. The second-order valence-electron chi connectivity index (χ2n) is 5.35. The fraction of sp³-hybridized carbons (Fsp3) is 0.235. The summed E-state index contributed by atoms with van der Waals surface area (Å²) in [5.74, 6) is -0.324. The number of benzene rings is 1. The van der Waals surface area contributed by atoms with Crippen LogP contribution in [-0.2, 0) is 4.79 Å². The van der Waals surface area contributed by atoms with Gasteiger partial charge in [0, 0.05) is 10.3 Å². The monoisotopic (exact) mass is 395 g/mol. The van der Waals surface area contributed by atoms with Crippen LogP contribution >= 0.6 is 23.1 Å². The first kappa shape index (κ1) is 18.5. The number of ether oxygens (including phenoxy) is 1. The minimum absolute atomic E-state index is 0.0745. The largest absolute Gasteiger partial charge is 0.433 e. The molecule has 3 aromatic rings. The molecule has 0 aliphatic rings. The lowest BCUT2D eigenvalue weighted by Gasteiger charge is -2.11. The van der Waals surface area contributed by atoms with Crippen molar-refractivity contribution in [3.8, 4) is 5.75 Å². The quantitative estimate of drug-likeness (QED) is 0.487. The van der Waals surface area contributed by atoms with Gasteiger partial charge in [0.2, 0.25) is 5.91 Å². The van der Waals surface area contributed by atoms with E-state index in [1.54, 1.807) is 23.5 Å². The molecule has 1 amide bonds. The number of thioether (sulfide) groups is 1. The lowest BCUT2D eigenvalue weighted by Crippen LogP contribution is -2.15. The highest BCUT2D eigenvalue weighted by molar-refractivity contribution is 8.00. The predicted molar refractivity (Wildman–Crippen MR) is 99.3 cm³/mol. The summed E-state index contributed by atoms with van der Waals surface area (Å²) in [4.78, 5) is 22.8. The van der Waals surface area contributed by atoms with Crippen LogP contribution in [0.25, 0.3) is 10.2 Å². The van der Waals surface area contributed by atoms with Crippen molar-refractivity contribution in [3.05, 3.63) is 41.0 Å². The van der Waals surface area contributed by atoms with Crippen molar-refractivity contribution in [3.63, 3.8) is 0 Å². The Morgan fingerprint density at radius 3 is 2.85 bits per heavy atom. The third-order valence-electron chi connectivity index (χ3n) is 3.65. The number of alkyl halides is 2. The first-order valence-corrected chi connectivity index (χ1v) is 9.43. The van der Waals surface area contributed by atoms with Crippen molar-refractivity contribution >= 4 is 44.9 Å². The summed E-state index contributed by atoms with van der Waals surface area (Å²) in [6.07, 6.45) is 1.48. The van der Waals surface area contributed by atoms with Crippen molar-refractivity contribution in [1.29, 1.82) is 0 Å². The number of rotatable bonds is 6. The molecule has 9 heteroatoms. The molecule has 1 N–H and O–H groups in total. The van der Waals surface area contributed by atoms with E-state index >= 15 is 0 Å². The third kappa shape index (κ3) is 4.10. The first-order valence-electron chi connectivity index (χ1n) is 7.63. The van der Waals surface area contributed by atoms with Crippen LogP contribution in [0.2, 0.25) is 0 Å². The van der Waals surface area contributed by atoms with Gasteiger partial charge in [-0.2, -0.15) is 8.78 Å². The molecule has 0 radical (unpaired) electrons. The Balaban J connectivity index is 1.71. The predicted octanol–water partition coefficient (Wildman–Crippen LogP) is 4.64. The number of hydrogen-bond donors (Lipinski definition) is 1. The molecule has 0 saturated carbocycles. The van der Waals surface area contributed by atoms with Crippen LogP contribution in [0, 0.1) is 13.8 Å². The maximum absolute atomic E-state index is 12.4. The third-order valence-corrected chi connectivity index (χ3v) is 5.75. The molecule has 0 bridgehead atoms. The molecular weight excluding hydrogens is 380 g/mol. The second kappa shape index (κ2) is 7.96. The van der Waals surface area contributed by atoms with Crippen molar-refractivity contribution in [2.75, 3.05) is 11.1 Å². The number of thiophene rings is 1. The van der Waals surface area contributed by atoms with Crippen LogP contribution in [0.15, 0.2) is 35.6 Å². The summed E-state index contributed by atoms with van der Waals surface area (Å²) in [5, 5.41) is 4.27. The van der Waals surface area contributed by atoms with Gasteiger partial charge in [0.1, 0.15) is 21.9 Å². The number of nitrogens with one attached hydrogen (secondary N) is 1. The fourth-order valence-electron chi connectivity index (χ4n) is 2.35. The van der Waals surface area contributed by atoms with Crippen LogP contribution in [0.3, 0.4) is 0 Å². The highest BCUT2D eigenvalue weighted by Crippen LogP contribution is 2.34. The zero-order valence-electron chi connectivity index (χ0n) is 14.0. The molecular formula is C17H15F2N3O2S2. The van der Waals surface area contributed by atoms with Crippen molar-refractivity contribution in [2.45, 2.75) is 25.5 Å². The summed E-state index contributed by atoms with van der Waals surface area (Å²) in [7, 11) is 0. The molecule has 0 aliphatic carbocycles. The highest BCUT2D eigenvalue weighted by atomic mass is 32.2. The maximum atomic E-state index is 12.4. The van der Waals surface area contributed by atoms with Gasteiger partial charge in [0.05, 0.1) is 11.4 Å². The molecule has 0 atom stereocenters. The van der Waals surface area contributed by atoms with E-state index in [9.17, 15) is 13.6 Å². The van der Waals surface area contributed by atoms with Crippen LogP contribution in [0.1, 0.15) is 10.4 Å². The standard InChI is InChI=1S/C17H15F2N3O2S2/c1-9-10(2)26-16-14(9)15(20-8-21-16)25-7-13(23)22-11-5-3-4-6-12(11)24-17(18)19/h3-6,8,17H,7H2,1-2H3,(H,22,23). The number of aryl methyl sites for hydroxylation is 2. The molecule has 0 unspecified atom stereocenters. The molecule has 3 rings (SSSR count). The SMILES string of the molecule is Cc1sc2ncnc(SCC(=O)Nc3ccccc3OC(F)F)c2c1C. The van der Waals surface area contributed by atoms with Gasteiger partial charge >= 0.3 is 6.61 Å². The van der Waals surface area contributed by atoms with Gasteiger partial charge in [0.25, 0.3) is 0 Å². The number of amides is 1. The fourth-order valence-corrected chi connectivity index (χ4v) is 4.27. The Hall–Kier alpha value is -2.26. The van der Waals surface area contributed by atoms with E-state index in [0.717, 1.165) is 25.7 Å². The van der Waals surface area contributed by atoms with Gasteiger partial charge in [-0.25, -0.2) is 9.97 Å². The summed E-state index contributed by atoms with van der Waals surface area (Å²) in [5.41, 5.74) is 1.30. The van der Waals surface area contributed by atoms with Crippen molar-refractivity contribution < 1.29 is 18.3 Å². The number of aromatic nitrogens is 2. The number of nitrogens with zero attached hydrogens (tertiary/aromatic N) is 2. The Morgan fingerprint density at radius 2 is 2.08 bits per heavy atom. The van der Waals surface area contributed by atoms with Crippen molar-refractivity contribution in [2.24, 2.45) is 0 Å². The van der Waals surface area contributed by atoms with E-state index in [4.69, 9.17) is 0 Å². The topological polar surface area (TPSA) is 64.1 Å². The number of halogens is 2. The zero-order valence-corrected chi connectivity index (χ0v) is 15.6. The minimum atomic E-state index is -2.96. The van der Waals surface area contributed by atoms with Gasteiger partial charge in [-0.15, -0.1) is 11.3 Å². The van der Waals surface area contributed by atoms with Gasteiger partial charge in [-0.05, 0) is 31.5 Å². The number of anilines is 1. The van der Waals surface area contributed by atoms with E-state index in [2.05, 4.69) is 20.0 Å². The van der Waals surface area contributed by atoms with Crippen LogP contribution in [0.4, 0.5) is 14.5 Å². The van der Waals surface area contributed by atoms with Gasteiger partial charge in [-0.1, -0.05) is 23.9 Å². The van der Waals surface area contributed by atoms with Crippen LogP contribution in [-0.4, -0.2) is 28.2 Å². The Labute approximate surface area is 156 Å².